The smallest absolute Gasteiger partial charge is 0.194 e. The van der Waals surface area contributed by atoms with Crippen LogP contribution in [-0.2, 0) is 4.74 Å². The summed E-state index contributed by atoms with van der Waals surface area (Å²) in [6, 6.07) is 5.67. The molecule has 1 aliphatic heterocycles. The monoisotopic (exact) mass is 554 g/mol. The molecule has 1 saturated heterocycles. The molecule has 0 radical (unpaired) electrons. The van der Waals surface area contributed by atoms with Crippen molar-refractivity contribution in [1.82, 2.24) is 29.8 Å². The minimum Gasteiger partial charge on any atom is -0.394 e. The van der Waals surface area contributed by atoms with Gasteiger partial charge < -0.3 is 14.9 Å². The minimum absolute atomic E-state index is 0.0366. The quantitative estimate of drug-likeness (QED) is 0.359. The molecule has 4 aromatic rings. The van der Waals surface area contributed by atoms with Gasteiger partial charge in [-0.1, -0.05) is 28.4 Å². The molecule has 37 heavy (non-hydrogen) atoms. The molecule has 14 heteroatoms. The predicted octanol–water partition coefficient (Wildman–Crippen LogP) is 3.98. The number of hydrogen-bond acceptors (Lipinski definition) is 7. The number of aromatic nitrogens is 6. The third-order valence-electron chi connectivity index (χ3n) is 6.04. The van der Waals surface area contributed by atoms with Gasteiger partial charge in [0.2, 0.25) is 0 Å². The van der Waals surface area contributed by atoms with Crippen LogP contribution in [0.2, 0.25) is 10.0 Å². The molecule has 2 aromatic carbocycles. The Morgan fingerprint density at radius 1 is 1.14 bits per heavy atom. The summed E-state index contributed by atoms with van der Waals surface area (Å²) < 4.78 is 49.6. The first-order valence-corrected chi connectivity index (χ1v) is 11.8. The molecule has 1 fully saturated rings. The molecule has 0 spiro atoms. The topological polar surface area (TPSA) is 111 Å². The number of nitrogens with zero attached hydrogens (tertiary/aromatic N) is 6. The van der Waals surface area contributed by atoms with Crippen molar-refractivity contribution in [2.45, 2.75) is 37.7 Å². The second kappa shape index (κ2) is 10.0. The van der Waals surface area contributed by atoms with E-state index in [-0.39, 0.29) is 17.7 Å². The molecule has 9 nitrogen and oxygen atoms in total. The highest BCUT2D eigenvalue weighted by Gasteiger charge is 2.41. The summed E-state index contributed by atoms with van der Waals surface area (Å²) in [6.45, 7) is 1.16. The summed E-state index contributed by atoms with van der Waals surface area (Å²) in [5, 5.41) is 33.9. The van der Waals surface area contributed by atoms with Gasteiger partial charge in [0.1, 0.15) is 29.8 Å². The van der Waals surface area contributed by atoms with E-state index < -0.39 is 48.4 Å². The fraction of sp³-hybridized carbons (Fsp3) is 0.304. The Labute approximate surface area is 218 Å². The Balaban J connectivity index is 1.51. The summed E-state index contributed by atoms with van der Waals surface area (Å²) in [6.07, 6.45) is -1.55. The first kappa shape index (κ1) is 25.6. The van der Waals surface area contributed by atoms with Gasteiger partial charge in [-0.2, -0.15) is 5.10 Å². The van der Waals surface area contributed by atoms with Crippen LogP contribution in [0, 0.1) is 24.4 Å². The van der Waals surface area contributed by atoms with E-state index in [9.17, 15) is 23.4 Å². The van der Waals surface area contributed by atoms with Crippen molar-refractivity contribution in [3.63, 3.8) is 0 Å². The van der Waals surface area contributed by atoms with Crippen molar-refractivity contribution in [3.05, 3.63) is 75.7 Å². The lowest BCUT2D eigenvalue weighted by Crippen LogP contribution is -2.45. The van der Waals surface area contributed by atoms with Crippen LogP contribution in [0.1, 0.15) is 30.2 Å². The molecule has 1 aliphatic rings. The van der Waals surface area contributed by atoms with Crippen LogP contribution in [0.5, 0.6) is 0 Å². The fourth-order valence-corrected chi connectivity index (χ4v) is 4.64. The second-order valence-corrected chi connectivity index (χ2v) is 9.35. The molecule has 2 N–H and O–H groups in total. The number of benzene rings is 2. The molecular formula is C23H19Cl2F3N6O3. The van der Waals surface area contributed by atoms with E-state index >= 15 is 0 Å². The lowest BCUT2D eigenvalue weighted by molar-refractivity contribution is -0.161. The Bertz CT molecular complexity index is 1440. The average Bonchev–Trinajstić information content (AvgIpc) is 3.51. The summed E-state index contributed by atoms with van der Waals surface area (Å²) in [7, 11) is 0. The Kier molecular flexibility index (Phi) is 6.94. The van der Waals surface area contributed by atoms with Crippen molar-refractivity contribution in [1.29, 1.82) is 0 Å². The Morgan fingerprint density at radius 3 is 2.57 bits per heavy atom. The van der Waals surface area contributed by atoms with E-state index in [0.29, 0.717) is 27.4 Å². The molecule has 0 aliphatic carbocycles. The number of aliphatic hydroxyl groups excluding tert-OH is 2. The maximum atomic E-state index is 13.7. The van der Waals surface area contributed by atoms with Crippen molar-refractivity contribution >= 4 is 23.2 Å². The third kappa shape index (κ3) is 4.82. The zero-order valence-electron chi connectivity index (χ0n) is 19.1. The normalized spacial score (nSPS) is 21.9. The van der Waals surface area contributed by atoms with Crippen LogP contribution in [-0.4, -0.2) is 58.8 Å². The molecule has 0 bridgehead atoms. The molecule has 0 amide bonds. The standard InChI is InChI=1S/C23H19Cl2F3N6O3/c1-10-29-23(34(31-10)17-6-12(24)2-3-13(17)25)19-7-18(22(36)20(9-35)37-19)33-8-16(30-32-33)11-4-14(26)21(28)15(27)5-11/h2-6,8,18-20,22,35-36H,7,9H2,1H3/t18-,19-,20+,22+/m1/s1. The molecular weight excluding hydrogens is 536 g/mol. The number of ether oxygens (including phenoxy) is 1. The zero-order valence-corrected chi connectivity index (χ0v) is 20.6. The van der Waals surface area contributed by atoms with Gasteiger partial charge in [-0.15, -0.1) is 5.10 Å². The fourth-order valence-electron chi connectivity index (χ4n) is 4.28. The first-order valence-electron chi connectivity index (χ1n) is 11.1. The van der Waals surface area contributed by atoms with E-state index in [1.54, 1.807) is 25.1 Å². The summed E-state index contributed by atoms with van der Waals surface area (Å²) in [5.74, 6) is -3.57. The van der Waals surface area contributed by atoms with Crippen LogP contribution in [0.25, 0.3) is 16.9 Å². The van der Waals surface area contributed by atoms with Crippen LogP contribution >= 0.6 is 23.2 Å². The van der Waals surface area contributed by atoms with Gasteiger partial charge in [-0.25, -0.2) is 27.5 Å². The van der Waals surface area contributed by atoms with Gasteiger partial charge in [0.15, 0.2) is 23.3 Å². The highest BCUT2D eigenvalue weighted by Crippen LogP contribution is 2.39. The summed E-state index contributed by atoms with van der Waals surface area (Å²) in [4.78, 5) is 4.48. The maximum Gasteiger partial charge on any atom is 0.194 e. The summed E-state index contributed by atoms with van der Waals surface area (Å²) in [5.41, 5.74) is 0.476. The maximum absolute atomic E-state index is 13.7. The van der Waals surface area contributed by atoms with E-state index in [2.05, 4.69) is 20.4 Å². The van der Waals surface area contributed by atoms with Gasteiger partial charge in [-0.05, 0) is 37.3 Å². The van der Waals surface area contributed by atoms with E-state index in [1.807, 2.05) is 0 Å². The van der Waals surface area contributed by atoms with Crippen LogP contribution in [0.4, 0.5) is 13.2 Å². The number of aryl methyl sites for hydroxylation is 1. The first-order chi connectivity index (χ1) is 17.7. The predicted molar refractivity (Wildman–Crippen MR) is 126 cm³/mol. The van der Waals surface area contributed by atoms with Gasteiger partial charge in [0.05, 0.1) is 29.6 Å². The van der Waals surface area contributed by atoms with Crippen molar-refractivity contribution in [3.8, 4) is 16.9 Å². The Hall–Kier alpha value is -3.03. The van der Waals surface area contributed by atoms with Gasteiger partial charge in [0, 0.05) is 17.0 Å². The van der Waals surface area contributed by atoms with Gasteiger partial charge in [-0.3, -0.25) is 0 Å². The highest BCUT2D eigenvalue weighted by atomic mass is 35.5. The molecule has 0 unspecified atom stereocenters. The van der Waals surface area contributed by atoms with Crippen molar-refractivity contribution in [2.24, 2.45) is 0 Å². The number of hydrogen-bond donors (Lipinski definition) is 2. The lowest BCUT2D eigenvalue weighted by Gasteiger charge is -2.38. The molecule has 3 heterocycles. The van der Waals surface area contributed by atoms with E-state index in [4.69, 9.17) is 27.9 Å². The average molecular weight is 555 g/mol. The highest BCUT2D eigenvalue weighted by molar-refractivity contribution is 6.34. The van der Waals surface area contributed by atoms with Crippen LogP contribution < -0.4 is 0 Å². The zero-order chi connectivity index (χ0) is 26.4. The van der Waals surface area contributed by atoms with Crippen molar-refractivity contribution in [2.75, 3.05) is 6.61 Å². The Morgan fingerprint density at radius 2 is 1.86 bits per heavy atom. The number of halogens is 5. The van der Waals surface area contributed by atoms with Gasteiger partial charge >= 0.3 is 0 Å². The number of aliphatic hydroxyl groups is 2. The third-order valence-corrected chi connectivity index (χ3v) is 6.60. The summed E-state index contributed by atoms with van der Waals surface area (Å²) >= 11 is 12.5. The molecule has 2 aromatic heterocycles. The molecule has 0 saturated carbocycles. The van der Waals surface area contributed by atoms with E-state index in [1.165, 1.54) is 15.6 Å². The molecule has 4 atom stereocenters. The van der Waals surface area contributed by atoms with Crippen LogP contribution in [0.3, 0.4) is 0 Å². The van der Waals surface area contributed by atoms with Crippen LogP contribution in [0.15, 0.2) is 36.5 Å². The molecule has 194 valence electrons. The largest absolute Gasteiger partial charge is 0.394 e. The second-order valence-electron chi connectivity index (χ2n) is 8.50. The van der Waals surface area contributed by atoms with Gasteiger partial charge in [0.25, 0.3) is 0 Å². The minimum atomic E-state index is -1.59. The number of rotatable bonds is 5. The SMILES string of the molecule is Cc1nc([C@H]2C[C@@H](n3cc(-c4cc(F)c(F)c(F)c4)nn3)[C@H](O)[C@H](CO)O2)n(-c2cc(Cl)ccc2Cl)n1. The van der Waals surface area contributed by atoms with Crippen molar-refractivity contribution < 1.29 is 28.1 Å². The lowest BCUT2D eigenvalue weighted by atomic mass is 9.95. The molecule has 5 rings (SSSR count). The van der Waals surface area contributed by atoms with E-state index in [0.717, 1.165) is 12.1 Å².